The van der Waals surface area contributed by atoms with E-state index in [1.165, 1.54) is 25.7 Å². The molecule has 0 aliphatic heterocycles. The minimum Gasteiger partial charge on any atom is -0.491 e. The first-order valence-electron chi connectivity index (χ1n) is 8.02. The van der Waals surface area contributed by atoms with Gasteiger partial charge in [0.1, 0.15) is 12.4 Å². The van der Waals surface area contributed by atoms with E-state index in [0.717, 1.165) is 29.1 Å². The zero-order chi connectivity index (χ0) is 14.5. The van der Waals surface area contributed by atoms with Gasteiger partial charge in [0.15, 0.2) is 0 Å². The van der Waals surface area contributed by atoms with E-state index < -0.39 is 0 Å². The van der Waals surface area contributed by atoms with Crippen LogP contribution in [-0.2, 0) is 0 Å². The molecule has 112 valence electrons. The van der Waals surface area contributed by atoms with Crippen molar-refractivity contribution in [3.63, 3.8) is 0 Å². The molecule has 1 aromatic heterocycles. The summed E-state index contributed by atoms with van der Waals surface area (Å²) >= 11 is 0. The first-order chi connectivity index (χ1) is 10.3. The molecule has 1 aliphatic rings. The first-order valence-corrected chi connectivity index (χ1v) is 8.02. The van der Waals surface area contributed by atoms with Crippen molar-refractivity contribution in [3.05, 3.63) is 36.5 Å². The van der Waals surface area contributed by atoms with Crippen molar-refractivity contribution in [2.45, 2.75) is 38.6 Å². The average molecular weight is 284 g/mol. The molecule has 0 unspecified atom stereocenters. The van der Waals surface area contributed by atoms with Crippen molar-refractivity contribution in [3.8, 4) is 5.75 Å². The van der Waals surface area contributed by atoms with Crippen LogP contribution in [-0.4, -0.2) is 24.2 Å². The normalized spacial score (nSPS) is 22.3. The second kappa shape index (κ2) is 6.90. The fourth-order valence-electron chi connectivity index (χ4n) is 3.03. The highest BCUT2D eigenvalue weighted by atomic mass is 16.5. The van der Waals surface area contributed by atoms with Crippen molar-refractivity contribution < 1.29 is 4.74 Å². The Morgan fingerprint density at radius 1 is 1.19 bits per heavy atom. The van der Waals surface area contributed by atoms with Crippen molar-refractivity contribution in [1.82, 2.24) is 10.3 Å². The fourth-order valence-corrected chi connectivity index (χ4v) is 3.03. The Labute approximate surface area is 126 Å². The van der Waals surface area contributed by atoms with Gasteiger partial charge in [-0.1, -0.05) is 25.1 Å². The molecule has 1 N–H and O–H groups in total. The third-order valence-corrected chi connectivity index (χ3v) is 4.39. The molecular weight excluding hydrogens is 260 g/mol. The Balaban J connectivity index is 1.44. The molecular formula is C18H24N2O. The summed E-state index contributed by atoms with van der Waals surface area (Å²) in [5, 5.41) is 4.73. The summed E-state index contributed by atoms with van der Waals surface area (Å²) in [5.74, 6) is 1.76. The van der Waals surface area contributed by atoms with Crippen molar-refractivity contribution in [2.24, 2.45) is 5.92 Å². The van der Waals surface area contributed by atoms with Crippen molar-refractivity contribution in [2.75, 3.05) is 13.2 Å². The molecule has 1 aromatic carbocycles. The predicted octanol–water partition coefficient (Wildman–Crippen LogP) is 3.78. The zero-order valence-corrected chi connectivity index (χ0v) is 12.7. The molecule has 0 saturated heterocycles. The predicted molar refractivity (Wildman–Crippen MR) is 86.7 cm³/mol. The molecule has 0 amide bonds. The van der Waals surface area contributed by atoms with Gasteiger partial charge < -0.3 is 10.1 Å². The zero-order valence-electron chi connectivity index (χ0n) is 12.7. The molecule has 1 fully saturated rings. The number of hydrogen-bond acceptors (Lipinski definition) is 3. The van der Waals surface area contributed by atoms with E-state index in [9.17, 15) is 0 Å². The minimum absolute atomic E-state index is 0.680. The lowest BCUT2D eigenvalue weighted by Gasteiger charge is -2.27. The van der Waals surface area contributed by atoms with Gasteiger partial charge in [0, 0.05) is 18.0 Å². The van der Waals surface area contributed by atoms with Gasteiger partial charge in [-0.15, -0.1) is 0 Å². The lowest BCUT2D eigenvalue weighted by Crippen LogP contribution is -2.35. The number of rotatable bonds is 5. The Kier molecular flexibility index (Phi) is 4.71. The van der Waals surface area contributed by atoms with E-state index in [-0.39, 0.29) is 0 Å². The maximum absolute atomic E-state index is 5.80. The monoisotopic (exact) mass is 284 g/mol. The molecule has 0 atom stereocenters. The molecule has 3 nitrogen and oxygen atoms in total. The topological polar surface area (TPSA) is 34.1 Å². The average Bonchev–Trinajstić information content (AvgIpc) is 2.53. The fraction of sp³-hybridized carbons (Fsp3) is 0.500. The number of hydrogen-bond donors (Lipinski definition) is 1. The van der Waals surface area contributed by atoms with Gasteiger partial charge in [-0.2, -0.15) is 0 Å². The van der Waals surface area contributed by atoms with Gasteiger partial charge in [0.05, 0.1) is 11.7 Å². The van der Waals surface area contributed by atoms with Crippen LogP contribution in [0.25, 0.3) is 10.9 Å². The molecule has 2 aromatic rings. The molecule has 3 heteroatoms. The summed E-state index contributed by atoms with van der Waals surface area (Å²) in [6, 6.07) is 10.9. The summed E-state index contributed by atoms with van der Waals surface area (Å²) < 4.78 is 5.80. The van der Waals surface area contributed by atoms with Crippen LogP contribution in [0.5, 0.6) is 5.75 Å². The van der Waals surface area contributed by atoms with E-state index in [1.54, 1.807) is 0 Å². The van der Waals surface area contributed by atoms with Gasteiger partial charge >= 0.3 is 0 Å². The molecule has 1 heterocycles. The SMILES string of the molecule is CC1CCC(NCCOc2cnc3ccccc3c2)CC1. The Morgan fingerprint density at radius 3 is 2.86 bits per heavy atom. The van der Waals surface area contributed by atoms with Gasteiger partial charge in [0.2, 0.25) is 0 Å². The number of ether oxygens (including phenoxy) is 1. The van der Waals surface area contributed by atoms with Crippen molar-refractivity contribution >= 4 is 10.9 Å². The van der Waals surface area contributed by atoms with Gasteiger partial charge in [-0.3, -0.25) is 4.98 Å². The summed E-state index contributed by atoms with van der Waals surface area (Å²) in [7, 11) is 0. The molecule has 0 spiro atoms. The van der Waals surface area contributed by atoms with E-state index in [1.807, 2.05) is 24.4 Å². The van der Waals surface area contributed by atoms with Crippen LogP contribution < -0.4 is 10.1 Å². The van der Waals surface area contributed by atoms with Crippen LogP contribution in [0.15, 0.2) is 36.5 Å². The number of para-hydroxylation sites is 1. The second-order valence-electron chi connectivity index (χ2n) is 6.12. The lowest BCUT2D eigenvalue weighted by atomic mass is 9.87. The highest BCUT2D eigenvalue weighted by Crippen LogP contribution is 2.23. The Morgan fingerprint density at radius 2 is 2.00 bits per heavy atom. The summed E-state index contributed by atoms with van der Waals surface area (Å²) in [4.78, 5) is 4.41. The van der Waals surface area contributed by atoms with Crippen LogP contribution in [0.2, 0.25) is 0 Å². The van der Waals surface area contributed by atoms with Crippen LogP contribution in [0, 0.1) is 5.92 Å². The summed E-state index contributed by atoms with van der Waals surface area (Å²) in [6.45, 7) is 3.96. The molecule has 0 radical (unpaired) electrons. The highest BCUT2D eigenvalue weighted by molar-refractivity contribution is 5.79. The molecule has 1 aliphatic carbocycles. The van der Waals surface area contributed by atoms with E-state index in [4.69, 9.17) is 4.74 Å². The largest absolute Gasteiger partial charge is 0.491 e. The molecule has 3 rings (SSSR count). The summed E-state index contributed by atoms with van der Waals surface area (Å²) in [6.07, 6.45) is 7.13. The van der Waals surface area contributed by atoms with Crippen molar-refractivity contribution in [1.29, 1.82) is 0 Å². The maximum atomic E-state index is 5.80. The van der Waals surface area contributed by atoms with Gasteiger partial charge in [-0.05, 0) is 43.7 Å². The summed E-state index contributed by atoms with van der Waals surface area (Å²) in [5.41, 5.74) is 1.01. The molecule has 21 heavy (non-hydrogen) atoms. The molecule has 1 saturated carbocycles. The number of pyridine rings is 1. The third-order valence-electron chi connectivity index (χ3n) is 4.39. The number of benzene rings is 1. The number of nitrogens with one attached hydrogen (secondary N) is 1. The number of nitrogens with zero attached hydrogens (tertiary/aromatic N) is 1. The van der Waals surface area contributed by atoms with E-state index in [0.29, 0.717) is 12.6 Å². The first kappa shape index (κ1) is 14.3. The third kappa shape index (κ3) is 3.94. The van der Waals surface area contributed by atoms with Crippen LogP contribution >= 0.6 is 0 Å². The van der Waals surface area contributed by atoms with E-state index in [2.05, 4.69) is 29.4 Å². The quantitative estimate of drug-likeness (QED) is 0.848. The molecule has 0 bridgehead atoms. The van der Waals surface area contributed by atoms with Crippen LogP contribution in [0.4, 0.5) is 0 Å². The lowest BCUT2D eigenvalue weighted by molar-refractivity contribution is 0.270. The van der Waals surface area contributed by atoms with Crippen LogP contribution in [0.3, 0.4) is 0 Å². The van der Waals surface area contributed by atoms with Gasteiger partial charge in [-0.25, -0.2) is 0 Å². The minimum atomic E-state index is 0.680. The standard InChI is InChI=1S/C18H24N2O/c1-14-6-8-16(9-7-14)19-10-11-21-17-12-15-4-2-3-5-18(15)20-13-17/h2-5,12-14,16,19H,6-11H2,1H3. The Hall–Kier alpha value is -1.61. The maximum Gasteiger partial charge on any atom is 0.138 e. The number of aromatic nitrogens is 1. The highest BCUT2D eigenvalue weighted by Gasteiger charge is 2.17. The van der Waals surface area contributed by atoms with Gasteiger partial charge in [0.25, 0.3) is 0 Å². The number of fused-ring (bicyclic) bond motifs is 1. The van der Waals surface area contributed by atoms with Crippen LogP contribution in [0.1, 0.15) is 32.6 Å². The smallest absolute Gasteiger partial charge is 0.138 e. The van der Waals surface area contributed by atoms with E-state index >= 15 is 0 Å². The second-order valence-corrected chi connectivity index (χ2v) is 6.12. The Bertz CT molecular complexity index is 576.